The van der Waals surface area contributed by atoms with Crippen LogP contribution in [0.4, 0.5) is 4.39 Å². The van der Waals surface area contributed by atoms with Crippen LogP contribution in [0.2, 0.25) is 5.02 Å². The quantitative estimate of drug-likeness (QED) is 0.781. The fourth-order valence-electron chi connectivity index (χ4n) is 1.81. The van der Waals surface area contributed by atoms with Crippen LogP contribution in [0.1, 0.15) is 5.69 Å². The number of nitrogens with two attached hydrogens (primary N) is 1. The van der Waals surface area contributed by atoms with Gasteiger partial charge in [-0.25, -0.2) is 9.37 Å². The maximum absolute atomic E-state index is 13.2. The highest BCUT2D eigenvalue weighted by Crippen LogP contribution is 2.30. The van der Waals surface area contributed by atoms with E-state index in [-0.39, 0.29) is 5.02 Å². The van der Waals surface area contributed by atoms with Crippen molar-refractivity contribution in [2.45, 2.75) is 6.54 Å². The van der Waals surface area contributed by atoms with Crippen molar-refractivity contribution in [3.05, 3.63) is 47.0 Å². The molecule has 1 aromatic carbocycles. The van der Waals surface area contributed by atoms with Crippen molar-refractivity contribution in [1.82, 2.24) is 9.97 Å². The Hall–Kier alpha value is -1.98. The van der Waals surface area contributed by atoms with E-state index in [1.165, 1.54) is 12.1 Å². The third-order valence-corrected chi connectivity index (χ3v) is 2.96. The summed E-state index contributed by atoms with van der Waals surface area (Å²) in [6.07, 6.45) is 1.62. The van der Waals surface area contributed by atoms with E-state index in [4.69, 9.17) is 21.8 Å². The first-order valence-corrected chi connectivity index (χ1v) is 5.96. The number of halogens is 2. The minimum absolute atomic E-state index is 0.196. The molecule has 96 valence electrons. The molecule has 19 heavy (non-hydrogen) atoms. The summed E-state index contributed by atoms with van der Waals surface area (Å²) < 4.78 is 18.8. The van der Waals surface area contributed by atoms with E-state index in [9.17, 15) is 4.39 Å². The summed E-state index contributed by atoms with van der Waals surface area (Å²) >= 11 is 5.92. The van der Waals surface area contributed by atoms with Gasteiger partial charge in [-0.05, 0) is 18.2 Å². The van der Waals surface area contributed by atoms with Crippen LogP contribution in [0.25, 0.3) is 22.6 Å². The molecule has 0 aliphatic carbocycles. The number of aromatic nitrogens is 2. The second kappa shape index (κ2) is 4.60. The van der Waals surface area contributed by atoms with Gasteiger partial charge in [0.25, 0.3) is 0 Å². The van der Waals surface area contributed by atoms with Gasteiger partial charge < -0.3 is 10.2 Å². The molecule has 3 aromatic rings. The van der Waals surface area contributed by atoms with E-state index in [1.807, 2.05) is 0 Å². The molecule has 0 bridgehead atoms. The molecule has 0 aliphatic heterocycles. The monoisotopic (exact) mass is 277 g/mol. The van der Waals surface area contributed by atoms with Crippen molar-refractivity contribution < 1.29 is 8.81 Å². The van der Waals surface area contributed by atoms with Crippen LogP contribution >= 0.6 is 11.6 Å². The van der Waals surface area contributed by atoms with E-state index in [0.717, 1.165) is 11.3 Å². The smallest absolute Gasteiger partial charge is 0.227 e. The summed E-state index contributed by atoms with van der Waals surface area (Å²) in [5, 5.41) is 0.196. The summed E-state index contributed by atoms with van der Waals surface area (Å²) in [7, 11) is 0. The molecule has 4 nitrogen and oxygen atoms in total. The van der Waals surface area contributed by atoms with Gasteiger partial charge >= 0.3 is 0 Å². The van der Waals surface area contributed by atoms with Crippen LogP contribution in [0.3, 0.4) is 0 Å². The first kappa shape index (κ1) is 12.1. The van der Waals surface area contributed by atoms with Crippen molar-refractivity contribution in [2.24, 2.45) is 5.73 Å². The van der Waals surface area contributed by atoms with E-state index >= 15 is 0 Å². The molecule has 2 N–H and O–H groups in total. The van der Waals surface area contributed by atoms with E-state index < -0.39 is 5.82 Å². The topological polar surface area (TPSA) is 64.9 Å². The average molecular weight is 278 g/mol. The van der Waals surface area contributed by atoms with Gasteiger partial charge in [0.1, 0.15) is 11.3 Å². The summed E-state index contributed by atoms with van der Waals surface area (Å²) in [5.74, 6) is -0.0886. The number of hydrogen-bond donors (Lipinski definition) is 1. The maximum atomic E-state index is 13.2. The second-order valence-corrected chi connectivity index (χ2v) is 4.40. The highest BCUT2D eigenvalue weighted by molar-refractivity contribution is 6.34. The zero-order valence-corrected chi connectivity index (χ0v) is 10.5. The van der Waals surface area contributed by atoms with Crippen LogP contribution in [0.5, 0.6) is 0 Å². The number of oxazole rings is 1. The number of pyridine rings is 1. The molecule has 0 aliphatic rings. The zero-order valence-electron chi connectivity index (χ0n) is 9.73. The Balaban J connectivity index is 2.17. The first-order chi connectivity index (χ1) is 9.17. The molecule has 0 atom stereocenters. The molecular weight excluding hydrogens is 269 g/mol. The zero-order chi connectivity index (χ0) is 13.4. The lowest BCUT2D eigenvalue weighted by atomic mass is 10.2. The molecule has 0 unspecified atom stereocenters. The third-order valence-electron chi connectivity index (χ3n) is 2.68. The molecule has 3 rings (SSSR count). The van der Waals surface area contributed by atoms with Crippen LogP contribution in [0, 0.1) is 5.82 Å². The van der Waals surface area contributed by atoms with Crippen LogP contribution < -0.4 is 5.73 Å². The number of rotatable bonds is 2. The highest BCUT2D eigenvalue weighted by Gasteiger charge is 2.13. The van der Waals surface area contributed by atoms with E-state index in [1.54, 1.807) is 18.3 Å². The summed E-state index contributed by atoms with van der Waals surface area (Å²) in [5.41, 5.74) is 7.72. The number of benzene rings is 1. The predicted octanol–water partition coefficient (Wildman–Crippen LogP) is 3.14. The maximum Gasteiger partial charge on any atom is 0.227 e. The van der Waals surface area contributed by atoms with Gasteiger partial charge in [-0.15, -0.1) is 0 Å². The Bertz CT molecular complexity index is 757. The minimum Gasteiger partial charge on any atom is -0.435 e. The lowest BCUT2D eigenvalue weighted by molar-refractivity contribution is 0.614. The summed E-state index contributed by atoms with van der Waals surface area (Å²) in [6.45, 7) is 0.323. The Kier molecular flexibility index (Phi) is 2.93. The molecule has 2 aromatic heterocycles. The molecule has 0 saturated heterocycles. The first-order valence-electron chi connectivity index (χ1n) is 5.58. The summed E-state index contributed by atoms with van der Waals surface area (Å²) in [4.78, 5) is 8.31. The van der Waals surface area contributed by atoms with Crippen LogP contribution in [-0.2, 0) is 6.54 Å². The molecule has 0 radical (unpaired) electrons. The Morgan fingerprint density at radius 2 is 2.16 bits per heavy atom. The van der Waals surface area contributed by atoms with Crippen molar-refractivity contribution in [3.8, 4) is 11.5 Å². The highest BCUT2D eigenvalue weighted by atomic mass is 35.5. The fraction of sp³-hybridized carbons (Fsp3) is 0.0769. The van der Waals surface area contributed by atoms with Crippen molar-refractivity contribution in [2.75, 3.05) is 0 Å². The minimum atomic E-state index is -0.449. The van der Waals surface area contributed by atoms with E-state index in [0.29, 0.717) is 23.5 Å². The average Bonchev–Trinajstić information content (AvgIpc) is 2.83. The van der Waals surface area contributed by atoms with Crippen LogP contribution in [-0.4, -0.2) is 9.97 Å². The summed E-state index contributed by atoms with van der Waals surface area (Å²) in [6, 6.07) is 5.99. The predicted molar refractivity (Wildman–Crippen MR) is 70.1 cm³/mol. The van der Waals surface area contributed by atoms with E-state index in [2.05, 4.69) is 9.97 Å². The van der Waals surface area contributed by atoms with Gasteiger partial charge in [0, 0.05) is 24.4 Å². The molecular formula is C13H9ClFN3O. The Morgan fingerprint density at radius 3 is 2.95 bits per heavy atom. The third kappa shape index (κ3) is 2.18. The molecule has 6 heteroatoms. The van der Waals surface area contributed by atoms with Gasteiger partial charge in [-0.2, -0.15) is 0 Å². The van der Waals surface area contributed by atoms with Crippen LogP contribution in [0.15, 0.2) is 34.9 Å². The van der Waals surface area contributed by atoms with Gasteiger partial charge in [0.15, 0.2) is 5.58 Å². The number of nitrogens with zero attached hydrogens (tertiary/aromatic N) is 2. The van der Waals surface area contributed by atoms with Gasteiger partial charge in [0.05, 0.1) is 10.7 Å². The van der Waals surface area contributed by atoms with Crippen molar-refractivity contribution in [3.63, 3.8) is 0 Å². The molecule has 2 heterocycles. The van der Waals surface area contributed by atoms with Gasteiger partial charge in [-0.1, -0.05) is 11.6 Å². The van der Waals surface area contributed by atoms with Crippen molar-refractivity contribution in [1.29, 1.82) is 0 Å². The molecule has 0 amide bonds. The number of fused-ring (bicyclic) bond motifs is 1. The lowest BCUT2D eigenvalue weighted by Crippen LogP contribution is -1.98. The molecule has 0 fully saturated rings. The largest absolute Gasteiger partial charge is 0.435 e. The molecule has 0 spiro atoms. The molecule has 0 saturated carbocycles. The fourth-order valence-corrected chi connectivity index (χ4v) is 2.05. The number of hydrogen-bond acceptors (Lipinski definition) is 4. The SMILES string of the molecule is NCc1cc(-c2nc3cc(F)cc(Cl)c3o2)ccn1. The van der Waals surface area contributed by atoms with Gasteiger partial charge in [-0.3, -0.25) is 4.98 Å². The Labute approximate surface area is 113 Å². The van der Waals surface area contributed by atoms with Crippen molar-refractivity contribution >= 4 is 22.7 Å². The standard InChI is InChI=1S/C13H9ClFN3O/c14-10-4-8(15)5-11-12(10)19-13(18-11)7-1-2-17-9(3-7)6-16/h1-5H,6,16H2. The second-order valence-electron chi connectivity index (χ2n) is 3.99. The lowest BCUT2D eigenvalue weighted by Gasteiger charge is -1.98. The normalized spacial score (nSPS) is 11.1. The Morgan fingerprint density at radius 1 is 1.32 bits per heavy atom. The van der Waals surface area contributed by atoms with Gasteiger partial charge in [0.2, 0.25) is 5.89 Å².